The first kappa shape index (κ1) is 13.9. The van der Waals surface area contributed by atoms with Crippen LogP contribution in [0.1, 0.15) is 64.2 Å². The fourth-order valence-corrected chi connectivity index (χ4v) is 4.10. The Bertz CT molecular complexity index is 250. The van der Waals surface area contributed by atoms with E-state index in [2.05, 4.69) is 10.2 Å². The predicted octanol–water partition coefficient (Wildman–Crippen LogP) is 3.42. The molecular formula is C17H32N2. The summed E-state index contributed by atoms with van der Waals surface area (Å²) in [5, 5.41) is 3.58. The lowest BCUT2D eigenvalue weighted by Gasteiger charge is -2.32. The van der Waals surface area contributed by atoms with Crippen LogP contribution in [0.25, 0.3) is 0 Å². The maximum absolute atomic E-state index is 3.58. The molecule has 3 rings (SSSR count). The van der Waals surface area contributed by atoms with E-state index in [-0.39, 0.29) is 0 Å². The second-order valence-electron chi connectivity index (χ2n) is 7.23. The van der Waals surface area contributed by atoms with Crippen molar-refractivity contribution in [1.29, 1.82) is 0 Å². The maximum Gasteiger partial charge on any atom is 0.00965 e. The van der Waals surface area contributed by atoms with Gasteiger partial charge < -0.3 is 10.2 Å². The number of piperidine rings is 1. The third kappa shape index (κ3) is 4.46. The van der Waals surface area contributed by atoms with E-state index in [0.717, 1.165) is 17.9 Å². The highest BCUT2D eigenvalue weighted by Gasteiger charge is 2.31. The minimum atomic E-state index is 0.931. The Labute approximate surface area is 119 Å². The van der Waals surface area contributed by atoms with Crippen LogP contribution in [-0.4, -0.2) is 37.1 Å². The summed E-state index contributed by atoms with van der Waals surface area (Å²) in [7, 11) is 0. The zero-order chi connectivity index (χ0) is 12.9. The highest BCUT2D eigenvalue weighted by atomic mass is 15.2. The lowest BCUT2D eigenvalue weighted by Crippen LogP contribution is -2.40. The van der Waals surface area contributed by atoms with Crippen LogP contribution in [0, 0.1) is 11.8 Å². The van der Waals surface area contributed by atoms with E-state index in [1.807, 2.05) is 0 Å². The van der Waals surface area contributed by atoms with Crippen LogP contribution in [0.4, 0.5) is 0 Å². The molecule has 2 aliphatic carbocycles. The van der Waals surface area contributed by atoms with Gasteiger partial charge in [0.15, 0.2) is 0 Å². The molecule has 1 atom stereocenters. The van der Waals surface area contributed by atoms with Crippen molar-refractivity contribution in [2.24, 2.45) is 11.8 Å². The lowest BCUT2D eigenvalue weighted by atomic mass is 9.87. The van der Waals surface area contributed by atoms with E-state index in [1.54, 1.807) is 0 Å². The number of nitrogens with zero attached hydrogens (tertiary/aromatic N) is 1. The summed E-state index contributed by atoms with van der Waals surface area (Å²) in [4.78, 5) is 2.85. The van der Waals surface area contributed by atoms with Crippen LogP contribution in [0.15, 0.2) is 0 Å². The molecular weight excluding hydrogens is 232 g/mol. The number of nitrogens with one attached hydrogen (secondary N) is 1. The van der Waals surface area contributed by atoms with E-state index in [1.165, 1.54) is 90.4 Å². The first-order valence-corrected chi connectivity index (χ1v) is 8.86. The van der Waals surface area contributed by atoms with E-state index in [4.69, 9.17) is 0 Å². The van der Waals surface area contributed by atoms with Crippen LogP contribution in [0.5, 0.6) is 0 Å². The normalized spacial score (nSPS) is 29.8. The summed E-state index contributed by atoms with van der Waals surface area (Å²) >= 11 is 0. The molecule has 0 amide bonds. The number of rotatable bonds is 6. The SMILES string of the molecule is C1CCC(CCN(CC2CCCNC2)C2CC2)CC1. The Kier molecular flexibility index (Phi) is 5.17. The van der Waals surface area contributed by atoms with Gasteiger partial charge in [-0.3, -0.25) is 0 Å². The lowest BCUT2D eigenvalue weighted by molar-refractivity contribution is 0.180. The fourth-order valence-electron chi connectivity index (χ4n) is 4.10. The van der Waals surface area contributed by atoms with Gasteiger partial charge in [0.1, 0.15) is 0 Å². The topological polar surface area (TPSA) is 15.3 Å². The van der Waals surface area contributed by atoms with E-state index < -0.39 is 0 Å². The molecule has 0 bridgehead atoms. The average Bonchev–Trinajstić information content (AvgIpc) is 3.30. The van der Waals surface area contributed by atoms with Crippen molar-refractivity contribution >= 4 is 0 Å². The highest BCUT2D eigenvalue weighted by Crippen LogP contribution is 2.31. The molecule has 2 heteroatoms. The van der Waals surface area contributed by atoms with Crippen LogP contribution in [-0.2, 0) is 0 Å². The van der Waals surface area contributed by atoms with Crippen LogP contribution in [0.3, 0.4) is 0 Å². The summed E-state index contributed by atoms with van der Waals surface area (Å²) in [6.45, 7) is 5.30. The average molecular weight is 264 g/mol. The van der Waals surface area contributed by atoms with Crippen molar-refractivity contribution in [2.75, 3.05) is 26.2 Å². The minimum Gasteiger partial charge on any atom is -0.316 e. The monoisotopic (exact) mass is 264 g/mol. The smallest absolute Gasteiger partial charge is 0.00965 e. The third-order valence-corrected chi connectivity index (χ3v) is 5.50. The molecule has 1 N–H and O–H groups in total. The largest absolute Gasteiger partial charge is 0.316 e. The van der Waals surface area contributed by atoms with Crippen molar-refractivity contribution in [3.63, 3.8) is 0 Å². The van der Waals surface area contributed by atoms with Gasteiger partial charge in [0.05, 0.1) is 0 Å². The second-order valence-corrected chi connectivity index (χ2v) is 7.23. The molecule has 3 fully saturated rings. The number of hydrogen-bond donors (Lipinski definition) is 1. The Morgan fingerprint density at radius 3 is 2.32 bits per heavy atom. The summed E-state index contributed by atoms with van der Waals surface area (Å²) in [6.07, 6.45) is 14.8. The van der Waals surface area contributed by atoms with Gasteiger partial charge in [-0.05, 0) is 63.6 Å². The Balaban J connectivity index is 1.41. The van der Waals surface area contributed by atoms with Crippen molar-refractivity contribution in [3.05, 3.63) is 0 Å². The summed E-state index contributed by atoms with van der Waals surface area (Å²) in [5.74, 6) is 1.99. The molecule has 0 aromatic rings. The fraction of sp³-hybridized carbons (Fsp3) is 1.00. The standard InChI is InChI=1S/C17H32N2/c1-2-5-15(6-3-1)10-12-19(17-8-9-17)14-16-7-4-11-18-13-16/h15-18H,1-14H2. The Morgan fingerprint density at radius 1 is 0.842 bits per heavy atom. The van der Waals surface area contributed by atoms with E-state index >= 15 is 0 Å². The molecule has 0 spiro atoms. The second kappa shape index (κ2) is 7.08. The molecule has 1 unspecified atom stereocenters. The first-order valence-electron chi connectivity index (χ1n) is 8.86. The van der Waals surface area contributed by atoms with Gasteiger partial charge >= 0.3 is 0 Å². The zero-order valence-electron chi connectivity index (χ0n) is 12.6. The van der Waals surface area contributed by atoms with E-state index in [0.29, 0.717) is 0 Å². The first-order chi connectivity index (χ1) is 9.42. The molecule has 1 aliphatic heterocycles. The van der Waals surface area contributed by atoms with Gasteiger partial charge in [0.2, 0.25) is 0 Å². The molecule has 110 valence electrons. The molecule has 1 heterocycles. The molecule has 0 aromatic heterocycles. The molecule has 0 radical (unpaired) electrons. The Morgan fingerprint density at radius 2 is 1.63 bits per heavy atom. The minimum absolute atomic E-state index is 0.931. The third-order valence-electron chi connectivity index (χ3n) is 5.50. The van der Waals surface area contributed by atoms with Crippen LogP contribution >= 0.6 is 0 Å². The van der Waals surface area contributed by atoms with Crippen molar-refractivity contribution < 1.29 is 0 Å². The van der Waals surface area contributed by atoms with Crippen molar-refractivity contribution in [1.82, 2.24) is 10.2 Å². The summed E-state index contributed by atoms with van der Waals surface area (Å²) in [5.41, 5.74) is 0. The van der Waals surface area contributed by atoms with Crippen molar-refractivity contribution in [3.8, 4) is 0 Å². The molecule has 0 aromatic carbocycles. The molecule has 3 aliphatic rings. The van der Waals surface area contributed by atoms with Gasteiger partial charge in [0.25, 0.3) is 0 Å². The number of hydrogen-bond acceptors (Lipinski definition) is 2. The quantitative estimate of drug-likeness (QED) is 0.791. The molecule has 19 heavy (non-hydrogen) atoms. The predicted molar refractivity (Wildman–Crippen MR) is 81.4 cm³/mol. The highest BCUT2D eigenvalue weighted by molar-refractivity contribution is 4.87. The van der Waals surface area contributed by atoms with Crippen LogP contribution < -0.4 is 5.32 Å². The van der Waals surface area contributed by atoms with Crippen molar-refractivity contribution in [2.45, 2.75) is 70.3 Å². The molecule has 2 saturated carbocycles. The molecule has 1 saturated heterocycles. The van der Waals surface area contributed by atoms with E-state index in [9.17, 15) is 0 Å². The van der Waals surface area contributed by atoms with Gasteiger partial charge in [-0.1, -0.05) is 32.1 Å². The van der Waals surface area contributed by atoms with Gasteiger partial charge in [0, 0.05) is 12.6 Å². The van der Waals surface area contributed by atoms with Gasteiger partial charge in [-0.25, -0.2) is 0 Å². The maximum atomic E-state index is 3.58. The van der Waals surface area contributed by atoms with Gasteiger partial charge in [-0.15, -0.1) is 0 Å². The summed E-state index contributed by atoms with van der Waals surface area (Å²) < 4.78 is 0. The van der Waals surface area contributed by atoms with Gasteiger partial charge in [-0.2, -0.15) is 0 Å². The molecule has 2 nitrogen and oxygen atoms in total. The Hall–Kier alpha value is -0.0800. The zero-order valence-corrected chi connectivity index (χ0v) is 12.6. The summed E-state index contributed by atoms with van der Waals surface area (Å²) in [6, 6.07) is 0.963. The van der Waals surface area contributed by atoms with Crippen LogP contribution in [0.2, 0.25) is 0 Å².